The van der Waals surface area contributed by atoms with Gasteiger partial charge in [0.15, 0.2) is 16.7 Å². The molecule has 142 valence electrons. The number of rotatable bonds is 5. The number of pyridine rings is 1. The molecule has 27 heavy (non-hydrogen) atoms. The van der Waals surface area contributed by atoms with Gasteiger partial charge in [0.25, 0.3) is 0 Å². The van der Waals surface area contributed by atoms with Crippen LogP contribution in [0.2, 0.25) is 0 Å². The smallest absolute Gasteiger partial charge is 0.175 e. The molecule has 2 aromatic rings. The van der Waals surface area contributed by atoms with Gasteiger partial charge in [0, 0.05) is 18.0 Å². The van der Waals surface area contributed by atoms with E-state index in [9.17, 15) is 0 Å². The number of thioether (sulfide) groups is 1. The minimum atomic E-state index is -0.0317. The third-order valence-corrected chi connectivity index (χ3v) is 6.45. The van der Waals surface area contributed by atoms with Crippen LogP contribution >= 0.6 is 27.7 Å². The van der Waals surface area contributed by atoms with Gasteiger partial charge in [-0.15, -0.1) is 0 Å². The van der Waals surface area contributed by atoms with Crippen molar-refractivity contribution in [2.75, 3.05) is 20.3 Å². The Morgan fingerprint density at radius 1 is 1.33 bits per heavy atom. The predicted octanol–water partition coefficient (Wildman–Crippen LogP) is 4.84. The number of halogens is 1. The summed E-state index contributed by atoms with van der Waals surface area (Å²) in [5.41, 5.74) is 2.13. The van der Waals surface area contributed by atoms with Gasteiger partial charge in [-0.05, 0) is 52.7 Å². The molecule has 0 bridgehead atoms. The van der Waals surface area contributed by atoms with Gasteiger partial charge in [-0.25, -0.2) is 0 Å². The van der Waals surface area contributed by atoms with Crippen LogP contribution in [0.25, 0.3) is 0 Å². The largest absolute Gasteiger partial charge is 0.493 e. The van der Waals surface area contributed by atoms with Crippen LogP contribution in [0, 0.1) is 0 Å². The van der Waals surface area contributed by atoms with Crippen LogP contribution in [0.15, 0.2) is 46.0 Å². The highest BCUT2D eigenvalue weighted by Gasteiger charge is 2.43. The minimum absolute atomic E-state index is 0.0317. The van der Waals surface area contributed by atoms with E-state index < -0.39 is 0 Å². The van der Waals surface area contributed by atoms with Crippen molar-refractivity contribution in [1.29, 1.82) is 0 Å². The van der Waals surface area contributed by atoms with Gasteiger partial charge in [-0.2, -0.15) is 0 Å². The third-order valence-electron chi connectivity index (χ3n) is 4.76. The maximum atomic E-state index is 5.76. The molecule has 0 saturated carbocycles. The summed E-state index contributed by atoms with van der Waals surface area (Å²) in [5.74, 6) is 1.47. The first kappa shape index (κ1) is 18.6. The fraction of sp³-hybridized carbons (Fsp3) is 0.400. The van der Waals surface area contributed by atoms with Crippen molar-refractivity contribution >= 4 is 32.9 Å². The quantitative estimate of drug-likeness (QED) is 0.655. The van der Waals surface area contributed by atoms with E-state index in [0.29, 0.717) is 11.9 Å². The molecule has 2 aliphatic heterocycles. The maximum Gasteiger partial charge on any atom is 0.175 e. The maximum absolute atomic E-state index is 5.76. The number of hydrogen-bond donors (Lipinski definition) is 0. The molecule has 3 heterocycles. The minimum Gasteiger partial charge on any atom is -0.493 e. The molecule has 0 amide bonds. The summed E-state index contributed by atoms with van der Waals surface area (Å²) < 4.78 is 12.3. The highest BCUT2D eigenvalue weighted by molar-refractivity contribution is 9.10. The Hall–Kier alpha value is -1.73. The van der Waals surface area contributed by atoms with Crippen molar-refractivity contribution in [1.82, 2.24) is 9.88 Å². The lowest BCUT2D eigenvalue weighted by atomic mass is 9.96. The summed E-state index contributed by atoms with van der Waals surface area (Å²) >= 11 is 5.50. The van der Waals surface area contributed by atoms with Crippen molar-refractivity contribution < 1.29 is 9.47 Å². The van der Waals surface area contributed by atoms with Crippen LogP contribution in [0.1, 0.15) is 37.2 Å². The van der Waals surface area contributed by atoms with E-state index in [2.05, 4.69) is 50.9 Å². The van der Waals surface area contributed by atoms with E-state index in [-0.39, 0.29) is 12.1 Å². The van der Waals surface area contributed by atoms with Gasteiger partial charge in [0.2, 0.25) is 0 Å². The van der Waals surface area contributed by atoms with Crippen LogP contribution < -0.4 is 9.47 Å². The van der Waals surface area contributed by atoms with E-state index in [1.165, 1.54) is 0 Å². The average Bonchev–Trinajstić information content (AvgIpc) is 3.20. The van der Waals surface area contributed by atoms with Crippen molar-refractivity contribution in [2.45, 2.75) is 31.2 Å². The monoisotopic (exact) mass is 447 g/mol. The van der Waals surface area contributed by atoms with Crippen molar-refractivity contribution in [3.8, 4) is 11.5 Å². The number of amidine groups is 1. The second kappa shape index (κ2) is 7.72. The van der Waals surface area contributed by atoms with Gasteiger partial charge in [-0.3, -0.25) is 9.98 Å². The number of benzene rings is 1. The molecular formula is C20H22BrN3O2S. The molecule has 0 N–H and O–H groups in total. The number of methoxy groups -OCH3 is 1. The van der Waals surface area contributed by atoms with E-state index in [0.717, 1.165) is 38.9 Å². The summed E-state index contributed by atoms with van der Waals surface area (Å²) in [5, 5.41) is 1.64. The van der Waals surface area contributed by atoms with Gasteiger partial charge in [0.1, 0.15) is 6.04 Å². The zero-order valence-electron chi connectivity index (χ0n) is 15.6. The molecular weight excluding hydrogens is 426 g/mol. The standard InChI is InChI=1S/C20H22BrN3O2S/c1-4-26-19-14(21)9-13(10-16(19)25-3)18-17(15-7-5-6-8-22-15)23-20-24(18)11-12(2)27-20/h5-10,12,17-18H,4,11H2,1-3H3. The van der Waals surface area contributed by atoms with Gasteiger partial charge < -0.3 is 14.4 Å². The number of fused-ring (bicyclic) bond motifs is 1. The Kier molecular flexibility index (Phi) is 5.32. The lowest BCUT2D eigenvalue weighted by molar-refractivity contribution is 0.302. The highest BCUT2D eigenvalue weighted by atomic mass is 79.9. The molecule has 2 aliphatic rings. The summed E-state index contributed by atoms with van der Waals surface area (Å²) in [4.78, 5) is 12.0. The van der Waals surface area contributed by atoms with Gasteiger partial charge >= 0.3 is 0 Å². The molecule has 0 aliphatic carbocycles. The Bertz CT molecular complexity index is 862. The second-order valence-electron chi connectivity index (χ2n) is 6.60. The molecule has 1 aromatic carbocycles. The molecule has 5 nitrogen and oxygen atoms in total. The van der Waals surface area contributed by atoms with Gasteiger partial charge in [0.05, 0.1) is 29.9 Å². The second-order valence-corrected chi connectivity index (χ2v) is 8.86. The number of ether oxygens (including phenoxy) is 2. The van der Waals surface area contributed by atoms with Crippen LogP contribution in [-0.2, 0) is 0 Å². The molecule has 3 unspecified atom stereocenters. The SMILES string of the molecule is CCOc1c(Br)cc(C2C(c3ccccn3)N=C3SC(C)CN32)cc1OC. The molecule has 4 rings (SSSR count). The molecule has 1 aromatic heterocycles. The van der Waals surface area contributed by atoms with E-state index >= 15 is 0 Å². The molecule has 3 atom stereocenters. The number of aromatic nitrogens is 1. The summed E-state index contributed by atoms with van der Waals surface area (Å²) in [7, 11) is 1.68. The van der Waals surface area contributed by atoms with E-state index in [4.69, 9.17) is 14.5 Å². The third kappa shape index (κ3) is 3.43. The fourth-order valence-electron chi connectivity index (χ4n) is 3.67. The molecule has 0 radical (unpaired) electrons. The topological polar surface area (TPSA) is 47.0 Å². The van der Waals surface area contributed by atoms with Crippen LogP contribution in [0.3, 0.4) is 0 Å². The summed E-state index contributed by atoms with van der Waals surface area (Å²) in [6.07, 6.45) is 1.83. The first-order valence-electron chi connectivity index (χ1n) is 9.04. The van der Waals surface area contributed by atoms with Crippen LogP contribution in [0.5, 0.6) is 11.5 Å². The van der Waals surface area contributed by atoms with Crippen LogP contribution in [0.4, 0.5) is 0 Å². The zero-order chi connectivity index (χ0) is 19.0. The average molecular weight is 448 g/mol. The highest BCUT2D eigenvalue weighted by Crippen LogP contribution is 2.49. The first-order valence-corrected chi connectivity index (χ1v) is 10.7. The molecule has 0 spiro atoms. The number of nitrogens with zero attached hydrogens (tertiary/aromatic N) is 3. The normalized spacial score (nSPS) is 23.9. The number of aliphatic imine (C=N–C) groups is 1. The molecule has 1 fully saturated rings. The Labute approximate surface area is 172 Å². The summed E-state index contributed by atoms with van der Waals surface area (Å²) in [6.45, 7) is 5.77. The Balaban J connectivity index is 1.79. The lowest BCUT2D eigenvalue weighted by Crippen LogP contribution is -2.28. The van der Waals surface area contributed by atoms with E-state index in [1.54, 1.807) is 7.11 Å². The van der Waals surface area contributed by atoms with Crippen LogP contribution in [-0.4, -0.2) is 40.6 Å². The molecule has 7 heteroatoms. The zero-order valence-corrected chi connectivity index (χ0v) is 18.0. The fourth-order valence-corrected chi connectivity index (χ4v) is 5.34. The van der Waals surface area contributed by atoms with Gasteiger partial charge in [-0.1, -0.05) is 24.8 Å². The van der Waals surface area contributed by atoms with Crippen molar-refractivity contribution in [2.24, 2.45) is 4.99 Å². The van der Waals surface area contributed by atoms with E-state index in [1.807, 2.05) is 37.0 Å². The molecule has 1 saturated heterocycles. The van der Waals surface area contributed by atoms with Crippen molar-refractivity contribution in [3.63, 3.8) is 0 Å². The Morgan fingerprint density at radius 2 is 2.19 bits per heavy atom. The number of hydrogen-bond acceptors (Lipinski definition) is 6. The first-order chi connectivity index (χ1) is 13.1. The lowest BCUT2D eigenvalue weighted by Gasteiger charge is -2.28. The summed E-state index contributed by atoms with van der Waals surface area (Å²) in [6, 6.07) is 10.3. The van der Waals surface area contributed by atoms with Crippen molar-refractivity contribution in [3.05, 3.63) is 52.3 Å². The predicted molar refractivity (Wildman–Crippen MR) is 113 cm³/mol. The Morgan fingerprint density at radius 3 is 2.89 bits per heavy atom.